The van der Waals surface area contributed by atoms with E-state index in [1.807, 2.05) is 0 Å². The maximum absolute atomic E-state index is 12.4. The van der Waals surface area contributed by atoms with Crippen LogP contribution in [0.25, 0.3) is 0 Å². The lowest BCUT2D eigenvalue weighted by atomic mass is 10.1. The van der Waals surface area contributed by atoms with Crippen molar-refractivity contribution in [3.8, 4) is 0 Å². The average Bonchev–Trinajstić information content (AvgIpc) is 2.90. The smallest absolute Gasteiger partial charge is 0.318 e. The molecule has 0 aromatic carbocycles. The van der Waals surface area contributed by atoms with E-state index in [1.54, 1.807) is 0 Å². The Morgan fingerprint density at radius 2 is 2.13 bits per heavy atom. The molecule has 1 atom stereocenters. The highest BCUT2D eigenvalue weighted by Gasteiger charge is 2.34. The summed E-state index contributed by atoms with van der Waals surface area (Å²) in [5.74, 6) is 0. The Morgan fingerprint density at radius 3 is 2.60 bits per heavy atom. The molecule has 1 aliphatic rings. The maximum Gasteiger partial charge on any atom is 0.417 e. The summed E-state index contributed by atoms with van der Waals surface area (Å²) in [6, 6.07) is 0.707. The highest BCUT2D eigenvalue weighted by Crippen LogP contribution is 2.30. The minimum absolute atomic E-state index is 0.187. The van der Waals surface area contributed by atoms with Gasteiger partial charge in [-0.25, -0.2) is 0 Å². The van der Waals surface area contributed by atoms with Crippen molar-refractivity contribution in [2.45, 2.75) is 12.2 Å². The number of aromatic nitrogens is 1. The molecule has 1 aromatic heterocycles. The van der Waals surface area contributed by atoms with E-state index in [0.29, 0.717) is 6.54 Å². The topological polar surface area (TPSA) is 43.9 Å². The molecule has 0 saturated carbocycles. The van der Waals surface area contributed by atoms with Crippen LogP contribution >= 0.6 is 0 Å². The molecule has 1 N–H and O–H groups in total. The van der Waals surface area contributed by atoms with Crippen LogP contribution < -0.4 is 10.9 Å². The van der Waals surface area contributed by atoms with E-state index < -0.39 is 11.7 Å². The predicted octanol–water partition coefficient (Wildman–Crippen LogP) is 1.05. The van der Waals surface area contributed by atoms with Crippen molar-refractivity contribution in [3.63, 3.8) is 0 Å². The standard InChI is InChI=1S/C9H9F3N2O/c1-14-4-5(9(10,11)12)2-6(8(14)15)7-3-13-7/h2,4,7,13H,3H2,1H3. The number of halogens is 3. The first-order valence-electron chi connectivity index (χ1n) is 4.41. The number of rotatable bonds is 1. The number of nitrogens with one attached hydrogen (secondary N) is 1. The maximum atomic E-state index is 12.4. The number of alkyl halides is 3. The monoisotopic (exact) mass is 218 g/mol. The van der Waals surface area contributed by atoms with E-state index in [1.165, 1.54) is 7.05 Å². The Hall–Kier alpha value is -1.30. The molecule has 1 unspecified atom stereocenters. The normalized spacial score (nSPS) is 20.4. The first kappa shape index (κ1) is 10.2. The first-order chi connectivity index (χ1) is 6.89. The van der Waals surface area contributed by atoms with Gasteiger partial charge in [0.15, 0.2) is 0 Å². The molecule has 2 heterocycles. The fourth-order valence-electron chi connectivity index (χ4n) is 1.42. The molecule has 3 nitrogen and oxygen atoms in total. The summed E-state index contributed by atoms with van der Waals surface area (Å²) < 4.78 is 38.3. The summed E-state index contributed by atoms with van der Waals surface area (Å²) in [5.41, 5.74) is -0.973. The zero-order chi connectivity index (χ0) is 11.2. The lowest BCUT2D eigenvalue weighted by Crippen LogP contribution is -2.23. The van der Waals surface area contributed by atoms with Crippen LogP contribution in [0.2, 0.25) is 0 Å². The molecule has 2 rings (SSSR count). The van der Waals surface area contributed by atoms with Crippen LogP contribution in [0.15, 0.2) is 17.1 Å². The van der Waals surface area contributed by atoms with Gasteiger partial charge in [-0.05, 0) is 6.07 Å². The highest BCUT2D eigenvalue weighted by molar-refractivity contribution is 5.27. The molecule has 1 saturated heterocycles. The second-order valence-corrected chi connectivity index (χ2v) is 3.56. The predicted molar refractivity (Wildman–Crippen MR) is 47.4 cm³/mol. The third kappa shape index (κ3) is 1.90. The van der Waals surface area contributed by atoms with Crippen molar-refractivity contribution >= 4 is 0 Å². The van der Waals surface area contributed by atoms with Gasteiger partial charge in [-0.3, -0.25) is 4.79 Å². The molecule has 82 valence electrons. The van der Waals surface area contributed by atoms with Gasteiger partial charge in [0.2, 0.25) is 0 Å². The molecule has 0 radical (unpaired) electrons. The highest BCUT2D eigenvalue weighted by atomic mass is 19.4. The quantitative estimate of drug-likeness (QED) is 0.716. The van der Waals surface area contributed by atoms with Crippen molar-refractivity contribution in [1.29, 1.82) is 0 Å². The fourth-order valence-corrected chi connectivity index (χ4v) is 1.42. The Kier molecular flexibility index (Phi) is 2.11. The molecular formula is C9H9F3N2O. The van der Waals surface area contributed by atoms with Crippen LogP contribution in [0.1, 0.15) is 17.2 Å². The Bertz CT molecular complexity index is 446. The van der Waals surface area contributed by atoms with Gasteiger partial charge in [-0.1, -0.05) is 0 Å². The summed E-state index contributed by atoms with van der Waals surface area (Å²) in [4.78, 5) is 11.5. The Balaban J connectivity index is 2.56. The van der Waals surface area contributed by atoms with Crippen LogP contribution in [-0.4, -0.2) is 11.1 Å². The van der Waals surface area contributed by atoms with Crippen LogP contribution in [0.4, 0.5) is 13.2 Å². The van der Waals surface area contributed by atoms with E-state index in [9.17, 15) is 18.0 Å². The van der Waals surface area contributed by atoms with Crippen molar-refractivity contribution in [2.75, 3.05) is 6.54 Å². The van der Waals surface area contributed by atoms with Crippen molar-refractivity contribution in [3.05, 3.63) is 33.7 Å². The average molecular weight is 218 g/mol. The first-order valence-corrected chi connectivity index (χ1v) is 4.41. The number of hydrogen-bond acceptors (Lipinski definition) is 2. The van der Waals surface area contributed by atoms with E-state index in [2.05, 4.69) is 5.32 Å². The van der Waals surface area contributed by atoms with Crippen LogP contribution in [0, 0.1) is 0 Å². The molecule has 0 aliphatic carbocycles. The number of hydrogen-bond donors (Lipinski definition) is 1. The lowest BCUT2D eigenvalue weighted by Gasteiger charge is -2.10. The largest absolute Gasteiger partial charge is 0.417 e. The van der Waals surface area contributed by atoms with Gasteiger partial charge in [0.05, 0.1) is 11.6 Å². The molecule has 15 heavy (non-hydrogen) atoms. The molecular weight excluding hydrogens is 209 g/mol. The summed E-state index contributed by atoms with van der Waals surface area (Å²) >= 11 is 0. The SMILES string of the molecule is Cn1cc(C(F)(F)F)cc(C2CN2)c1=O. The van der Waals surface area contributed by atoms with Crippen LogP contribution in [0.3, 0.4) is 0 Å². The minimum Gasteiger partial charge on any atom is -0.318 e. The van der Waals surface area contributed by atoms with Gasteiger partial charge in [0.1, 0.15) is 0 Å². The van der Waals surface area contributed by atoms with Gasteiger partial charge in [0.25, 0.3) is 5.56 Å². The zero-order valence-corrected chi connectivity index (χ0v) is 7.93. The summed E-state index contributed by atoms with van der Waals surface area (Å²) in [5, 5.41) is 2.82. The van der Waals surface area contributed by atoms with E-state index in [4.69, 9.17) is 0 Å². The van der Waals surface area contributed by atoms with Gasteiger partial charge in [-0.2, -0.15) is 13.2 Å². The number of nitrogens with zero attached hydrogens (tertiary/aromatic N) is 1. The van der Waals surface area contributed by atoms with Crippen molar-refractivity contribution < 1.29 is 13.2 Å². The number of pyridine rings is 1. The van der Waals surface area contributed by atoms with Gasteiger partial charge < -0.3 is 9.88 Å². The van der Waals surface area contributed by atoms with Crippen molar-refractivity contribution in [1.82, 2.24) is 9.88 Å². The van der Waals surface area contributed by atoms with Crippen LogP contribution in [0.5, 0.6) is 0 Å². The molecule has 1 aliphatic heterocycles. The third-order valence-electron chi connectivity index (χ3n) is 2.32. The second-order valence-electron chi connectivity index (χ2n) is 3.56. The second kappa shape index (κ2) is 3.10. The van der Waals surface area contributed by atoms with E-state index in [-0.39, 0.29) is 17.2 Å². The molecule has 0 amide bonds. The molecule has 0 spiro atoms. The van der Waals surface area contributed by atoms with Crippen LogP contribution in [-0.2, 0) is 13.2 Å². The molecule has 1 aromatic rings. The Labute approximate surface area is 83.5 Å². The zero-order valence-electron chi connectivity index (χ0n) is 7.93. The van der Waals surface area contributed by atoms with E-state index >= 15 is 0 Å². The summed E-state index contributed by atoms with van der Waals surface area (Å²) in [6.07, 6.45) is -3.59. The van der Waals surface area contributed by atoms with Gasteiger partial charge in [0, 0.05) is 25.4 Å². The van der Waals surface area contributed by atoms with E-state index in [0.717, 1.165) is 16.8 Å². The van der Waals surface area contributed by atoms with Gasteiger partial charge in [-0.15, -0.1) is 0 Å². The van der Waals surface area contributed by atoms with Gasteiger partial charge >= 0.3 is 6.18 Å². The number of aryl methyl sites for hydroxylation is 1. The molecule has 1 fully saturated rings. The summed E-state index contributed by atoms with van der Waals surface area (Å²) in [6.45, 7) is 0.566. The summed E-state index contributed by atoms with van der Waals surface area (Å²) in [7, 11) is 1.32. The van der Waals surface area contributed by atoms with Crippen molar-refractivity contribution in [2.24, 2.45) is 7.05 Å². The molecule has 0 bridgehead atoms. The Morgan fingerprint density at radius 1 is 1.53 bits per heavy atom. The molecule has 6 heteroatoms. The minimum atomic E-state index is -4.41. The lowest BCUT2D eigenvalue weighted by molar-refractivity contribution is -0.138. The fraction of sp³-hybridized carbons (Fsp3) is 0.444. The third-order valence-corrected chi connectivity index (χ3v) is 2.32.